The molecule has 2 unspecified atom stereocenters. The first-order valence-corrected chi connectivity index (χ1v) is 15.4. The molecule has 2 heterocycles. The smallest absolute Gasteiger partial charge is 0.137 e. The molecule has 3 nitrogen and oxygen atoms in total. The molecule has 6 aromatic carbocycles. The van der Waals surface area contributed by atoms with Crippen LogP contribution in [0.2, 0.25) is 0 Å². The van der Waals surface area contributed by atoms with E-state index >= 15 is 0 Å². The molecular weight excluding hydrogens is 550 g/mol. The number of furan rings is 2. The van der Waals surface area contributed by atoms with E-state index in [1.54, 1.807) is 0 Å². The normalized spacial score (nSPS) is 16.3. The molecule has 214 valence electrons. The maximum Gasteiger partial charge on any atom is 0.137 e. The Kier molecular flexibility index (Phi) is 5.95. The second-order valence-electron chi connectivity index (χ2n) is 11.6. The number of allylic oxidation sites excluding steroid dienone is 2. The molecule has 0 aliphatic heterocycles. The third-order valence-corrected chi connectivity index (χ3v) is 9.07. The summed E-state index contributed by atoms with van der Waals surface area (Å²) < 4.78 is 12.6. The van der Waals surface area contributed by atoms with Crippen molar-refractivity contribution < 1.29 is 8.83 Å². The average Bonchev–Trinajstić information content (AvgIpc) is 3.68. The summed E-state index contributed by atoms with van der Waals surface area (Å²) in [6.07, 6.45) is 8.99. The Balaban J connectivity index is 1.29. The zero-order valence-corrected chi connectivity index (χ0v) is 24.5. The third-order valence-electron chi connectivity index (χ3n) is 9.07. The minimum Gasteiger partial charge on any atom is -0.456 e. The van der Waals surface area contributed by atoms with Gasteiger partial charge in [-0.05, 0) is 59.2 Å². The van der Waals surface area contributed by atoms with Crippen molar-refractivity contribution in [1.82, 2.24) is 0 Å². The van der Waals surface area contributed by atoms with Crippen LogP contribution in [0.25, 0.3) is 55.0 Å². The van der Waals surface area contributed by atoms with Crippen LogP contribution in [0.15, 0.2) is 173 Å². The number of benzene rings is 6. The lowest BCUT2D eigenvalue weighted by atomic mass is 9.86. The van der Waals surface area contributed by atoms with E-state index in [9.17, 15) is 0 Å². The monoisotopic (exact) mass is 579 g/mol. The van der Waals surface area contributed by atoms with E-state index in [2.05, 4.69) is 151 Å². The van der Waals surface area contributed by atoms with Crippen molar-refractivity contribution in [3.63, 3.8) is 0 Å². The van der Waals surface area contributed by atoms with Crippen LogP contribution in [0.3, 0.4) is 0 Å². The second-order valence-corrected chi connectivity index (χ2v) is 11.6. The van der Waals surface area contributed by atoms with Crippen LogP contribution >= 0.6 is 0 Å². The van der Waals surface area contributed by atoms with Crippen LogP contribution in [0.1, 0.15) is 11.5 Å². The Bertz CT molecular complexity index is 2410. The van der Waals surface area contributed by atoms with Crippen LogP contribution < -0.4 is 4.90 Å². The van der Waals surface area contributed by atoms with Crippen LogP contribution in [-0.2, 0) is 0 Å². The highest BCUT2D eigenvalue weighted by molar-refractivity contribution is 6.14. The Morgan fingerprint density at radius 2 is 1.11 bits per heavy atom. The molecule has 0 saturated carbocycles. The first-order chi connectivity index (χ1) is 22.3. The molecule has 0 amide bonds. The molecule has 1 aliphatic rings. The molecule has 3 heteroatoms. The molecule has 2 aromatic heterocycles. The van der Waals surface area contributed by atoms with Gasteiger partial charge in [-0.25, -0.2) is 0 Å². The largest absolute Gasteiger partial charge is 0.456 e. The molecule has 1 aliphatic carbocycles. The Hall–Kier alpha value is -5.80. The Labute approximate surface area is 260 Å². The van der Waals surface area contributed by atoms with E-state index in [1.807, 2.05) is 18.2 Å². The van der Waals surface area contributed by atoms with Crippen molar-refractivity contribution in [3.05, 3.63) is 169 Å². The van der Waals surface area contributed by atoms with Gasteiger partial charge in [0.25, 0.3) is 0 Å². The number of fused-ring (bicyclic) bond motifs is 6. The number of rotatable bonds is 5. The fraction of sp³-hybridized carbons (Fsp3) is 0.0476. The van der Waals surface area contributed by atoms with Gasteiger partial charge in [-0.15, -0.1) is 0 Å². The summed E-state index contributed by atoms with van der Waals surface area (Å²) >= 11 is 0. The summed E-state index contributed by atoms with van der Waals surface area (Å²) in [6.45, 7) is 0. The van der Waals surface area contributed by atoms with Gasteiger partial charge in [0, 0.05) is 27.8 Å². The first kappa shape index (κ1) is 25.7. The second kappa shape index (κ2) is 10.4. The Morgan fingerprint density at radius 3 is 1.91 bits per heavy atom. The first-order valence-electron chi connectivity index (χ1n) is 15.4. The molecule has 9 rings (SSSR count). The van der Waals surface area contributed by atoms with Gasteiger partial charge in [0.1, 0.15) is 22.3 Å². The minimum absolute atomic E-state index is 0.0254. The zero-order valence-electron chi connectivity index (χ0n) is 24.5. The number of para-hydroxylation sites is 2. The lowest BCUT2D eigenvalue weighted by Gasteiger charge is -2.38. The lowest BCUT2D eigenvalue weighted by molar-refractivity contribution is 0.667. The van der Waals surface area contributed by atoms with Gasteiger partial charge in [0.15, 0.2) is 0 Å². The van der Waals surface area contributed by atoms with Gasteiger partial charge in [-0.2, -0.15) is 0 Å². The maximum absolute atomic E-state index is 6.38. The highest BCUT2D eigenvalue weighted by atomic mass is 16.3. The van der Waals surface area contributed by atoms with Crippen molar-refractivity contribution in [1.29, 1.82) is 0 Å². The van der Waals surface area contributed by atoms with Gasteiger partial charge in [0.05, 0.1) is 17.1 Å². The number of nitrogens with zero attached hydrogens (tertiary/aromatic N) is 1. The van der Waals surface area contributed by atoms with E-state index in [0.717, 1.165) is 66.4 Å². The van der Waals surface area contributed by atoms with Crippen molar-refractivity contribution in [2.75, 3.05) is 4.90 Å². The third kappa shape index (κ3) is 4.20. The fourth-order valence-electron chi connectivity index (χ4n) is 7.09. The fourth-order valence-corrected chi connectivity index (χ4v) is 7.09. The highest BCUT2D eigenvalue weighted by Gasteiger charge is 2.30. The standard InChI is InChI=1S/C42H29NO2/c1-2-13-28(14-3-1)31-17-4-7-21-35(31)43(36-22-12-26-40-42(36)34-19-6-9-24-38(34)45-40)30-16-10-15-29(27-30)32-20-11-25-39-41(32)33-18-5-8-23-37(33)44-39/h1-27,31,35H. The molecule has 0 saturated heterocycles. The summed E-state index contributed by atoms with van der Waals surface area (Å²) in [4.78, 5) is 2.50. The van der Waals surface area contributed by atoms with Crippen LogP contribution in [0.5, 0.6) is 0 Å². The summed E-state index contributed by atoms with van der Waals surface area (Å²) in [6, 6.07) is 49.1. The van der Waals surface area contributed by atoms with Crippen LogP contribution in [0.4, 0.5) is 11.4 Å². The summed E-state index contributed by atoms with van der Waals surface area (Å²) in [5, 5.41) is 4.51. The van der Waals surface area contributed by atoms with Crippen molar-refractivity contribution >= 4 is 55.3 Å². The predicted octanol–water partition coefficient (Wildman–Crippen LogP) is 11.6. The topological polar surface area (TPSA) is 29.5 Å². The van der Waals surface area contributed by atoms with Gasteiger partial charge in [-0.3, -0.25) is 0 Å². The number of hydrogen-bond acceptors (Lipinski definition) is 3. The molecule has 2 atom stereocenters. The molecule has 0 radical (unpaired) electrons. The molecule has 0 fully saturated rings. The van der Waals surface area contributed by atoms with Gasteiger partial charge in [-0.1, -0.05) is 121 Å². The van der Waals surface area contributed by atoms with Gasteiger partial charge >= 0.3 is 0 Å². The van der Waals surface area contributed by atoms with Gasteiger partial charge in [0.2, 0.25) is 0 Å². The van der Waals surface area contributed by atoms with Gasteiger partial charge < -0.3 is 13.7 Å². The molecule has 0 N–H and O–H groups in total. The molecular formula is C42H29NO2. The van der Waals surface area contributed by atoms with Crippen molar-refractivity contribution in [3.8, 4) is 11.1 Å². The maximum atomic E-state index is 6.38. The number of anilines is 2. The number of hydrogen-bond donors (Lipinski definition) is 0. The van der Waals surface area contributed by atoms with E-state index in [0.29, 0.717) is 0 Å². The Morgan fingerprint density at radius 1 is 0.489 bits per heavy atom. The van der Waals surface area contributed by atoms with Crippen LogP contribution in [0, 0.1) is 0 Å². The SMILES string of the molecule is C1=CC(c2ccccc2)C(N(c2cccc(-c3cccc4oc5ccccc5c34)c2)c2cccc3oc4ccccc4c23)C=C1. The summed E-state index contributed by atoms with van der Waals surface area (Å²) in [5.74, 6) is 0.148. The van der Waals surface area contributed by atoms with Crippen LogP contribution in [-0.4, -0.2) is 6.04 Å². The molecule has 0 spiro atoms. The predicted molar refractivity (Wildman–Crippen MR) is 186 cm³/mol. The quantitative estimate of drug-likeness (QED) is 0.203. The highest BCUT2D eigenvalue weighted by Crippen LogP contribution is 2.45. The average molecular weight is 580 g/mol. The van der Waals surface area contributed by atoms with Crippen molar-refractivity contribution in [2.45, 2.75) is 12.0 Å². The van der Waals surface area contributed by atoms with Crippen molar-refractivity contribution in [2.24, 2.45) is 0 Å². The van der Waals surface area contributed by atoms with E-state index in [4.69, 9.17) is 8.83 Å². The zero-order chi connectivity index (χ0) is 29.7. The van der Waals surface area contributed by atoms with E-state index < -0.39 is 0 Å². The molecule has 0 bridgehead atoms. The van der Waals surface area contributed by atoms with E-state index in [1.165, 1.54) is 5.56 Å². The minimum atomic E-state index is 0.0254. The molecule has 8 aromatic rings. The lowest BCUT2D eigenvalue weighted by Crippen LogP contribution is -2.35. The van der Waals surface area contributed by atoms with E-state index in [-0.39, 0.29) is 12.0 Å². The molecule has 45 heavy (non-hydrogen) atoms. The summed E-state index contributed by atoms with van der Waals surface area (Å²) in [7, 11) is 0. The summed E-state index contributed by atoms with van der Waals surface area (Å²) in [5.41, 5.74) is 9.39.